The molecule has 0 radical (unpaired) electrons. The topological polar surface area (TPSA) is 105 Å². The lowest BCUT2D eigenvalue weighted by Crippen LogP contribution is -2.56. The molecule has 10 heteroatoms. The van der Waals surface area contributed by atoms with Gasteiger partial charge in [-0.25, -0.2) is 19.8 Å². The van der Waals surface area contributed by atoms with Crippen molar-refractivity contribution in [3.8, 4) is 5.75 Å². The Morgan fingerprint density at radius 1 is 1.43 bits per heavy atom. The normalized spacial score (nSPS) is 17.7. The Bertz CT molecular complexity index is 1030. The fourth-order valence-corrected chi connectivity index (χ4v) is 4.06. The lowest BCUT2D eigenvalue weighted by atomic mass is 10.1. The minimum absolute atomic E-state index is 0.0886. The minimum Gasteiger partial charge on any atom is -0.506 e. The third-order valence-electron chi connectivity index (χ3n) is 4.75. The van der Waals surface area contributed by atoms with E-state index in [0.29, 0.717) is 35.2 Å². The van der Waals surface area contributed by atoms with Crippen molar-refractivity contribution in [3.05, 3.63) is 23.9 Å². The van der Waals surface area contributed by atoms with E-state index in [1.807, 2.05) is 31.9 Å². The molecule has 160 valence electrons. The van der Waals surface area contributed by atoms with Crippen molar-refractivity contribution in [3.63, 3.8) is 0 Å². The second-order valence-electron chi connectivity index (χ2n) is 7.18. The van der Waals surface area contributed by atoms with E-state index in [1.54, 1.807) is 29.0 Å². The van der Waals surface area contributed by atoms with Gasteiger partial charge in [-0.15, -0.1) is 0 Å². The van der Waals surface area contributed by atoms with E-state index in [1.165, 1.54) is 11.3 Å². The van der Waals surface area contributed by atoms with Gasteiger partial charge in [0, 0.05) is 12.7 Å². The monoisotopic (exact) mass is 430 g/mol. The number of carbonyl (C=O) groups excluding carboxylic acids is 1. The van der Waals surface area contributed by atoms with Crippen LogP contribution < -0.4 is 4.90 Å². The van der Waals surface area contributed by atoms with Crippen LogP contribution >= 0.6 is 11.3 Å². The van der Waals surface area contributed by atoms with E-state index in [-0.39, 0.29) is 17.6 Å². The molecular formula is C20H26N6O3S. The summed E-state index contributed by atoms with van der Waals surface area (Å²) in [5.41, 5.74) is 2.09. The quantitative estimate of drug-likeness (QED) is 0.561. The predicted molar refractivity (Wildman–Crippen MR) is 121 cm³/mol. The Balaban J connectivity index is 1.97. The van der Waals surface area contributed by atoms with Crippen molar-refractivity contribution in [2.75, 3.05) is 31.8 Å². The van der Waals surface area contributed by atoms with E-state index in [9.17, 15) is 15.0 Å². The maximum Gasteiger partial charge on any atom is 0.328 e. The summed E-state index contributed by atoms with van der Waals surface area (Å²) in [5, 5.41) is 20.7. The number of anilines is 1. The second kappa shape index (κ2) is 8.90. The molecule has 9 nitrogen and oxygen atoms in total. The fourth-order valence-electron chi connectivity index (χ4n) is 3.11. The van der Waals surface area contributed by atoms with Crippen LogP contribution in [0.2, 0.25) is 0 Å². The summed E-state index contributed by atoms with van der Waals surface area (Å²) in [7, 11) is 1.94. The molecule has 2 heterocycles. The number of phenols is 1. The average Bonchev–Trinajstić information content (AvgIpc) is 3.14. The molecule has 2 amide bonds. The summed E-state index contributed by atoms with van der Waals surface area (Å²) in [6.45, 7) is 10.4. The maximum atomic E-state index is 12.7. The first-order valence-corrected chi connectivity index (χ1v) is 10.3. The molecule has 1 aliphatic heterocycles. The van der Waals surface area contributed by atoms with Crippen molar-refractivity contribution >= 4 is 50.8 Å². The Morgan fingerprint density at radius 3 is 2.80 bits per heavy atom. The zero-order valence-electron chi connectivity index (χ0n) is 17.5. The smallest absolute Gasteiger partial charge is 0.328 e. The number of amides is 2. The van der Waals surface area contributed by atoms with E-state index in [2.05, 4.69) is 21.7 Å². The van der Waals surface area contributed by atoms with Crippen molar-refractivity contribution in [2.24, 2.45) is 9.98 Å². The number of fused-ring (bicyclic) bond motifs is 1. The molecule has 1 fully saturated rings. The number of allylic oxidation sites excluding steroid dienone is 1. The second-order valence-corrected chi connectivity index (χ2v) is 8.16. The van der Waals surface area contributed by atoms with Gasteiger partial charge in [-0.2, -0.15) is 0 Å². The van der Waals surface area contributed by atoms with Gasteiger partial charge in [0.25, 0.3) is 0 Å². The van der Waals surface area contributed by atoms with Crippen molar-refractivity contribution in [1.29, 1.82) is 0 Å². The number of phenolic OH excluding ortho intramolecular Hbond substituents is 1. The summed E-state index contributed by atoms with van der Waals surface area (Å²) in [6.07, 6.45) is 0.735. The van der Waals surface area contributed by atoms with Gasteiger partial charge >= 0.3 is 6.03 Å². The summed E-state index contributed by atoms with van der Waals surface area (Å²) in [4.78, 5) is 30.6. The summed E-state index contributed by atoms with van der Waals surface area (Å²) in [6, 6.07) is 3.38. The Hall–Kier alpha value is -2.82. The molecule has 1 aromatic carbocycles. The van der Waals surface area contributed by atoms with Crippen molar-refractivity contribution in [2.45, 2.75) is 26.9 Å². The van der Waals surface area contributed by atoms with Gasteiger partial charge in [-0.1, -0.05) is 11.3 Å². The summed E-state index contributed by atoms with van der Waals surface area (Å²) >= 11 is 1.28. The first kappa shape index (κ1) is 21.9. The largest absolute Gasteiger partial charge is 0.506 e. The lowest BCUT2D eigenvalue weighted by molar-refractivity contribution is 0.136. The summed E-state index contributed by atoms with van der Waals surface area (Å²) in [5.74, 6) is 0.300. The number of aromatic nitrogens is 1. The van der Waals surface area contributed by atoms with Crippen LogP contribution in [0.15, 0.2) is 28.3 Å². The van der Waals surface area contributed by atoms with Crippen molar-refractivity contribution < 1.29 is 15.0 Å². The van der Waals surface area contributed by atoms with E-state index in [0.717, 1.165) is 11.1 Å². The highest BCUT2D eigenvalue weighted by Gasteiger charge is 2.30. The van der Waals surface area contributed by atoms with Crippen molar-refractivity contribution in [1.82, 2.24) is 14.8 Å². The average molecular weight is 431 g/mol. The lowest BCUT2D eigenvalue weighted by Gasteiger charge is -2.38. The van der Waals surface area contributed by atoms with E-state index >= 15 is 0 Å². The molecule has 1 aromatic heterocycles. The van der Waals surface area contributed by atoms with Gasteiger partial charge in [-0.05, 0) is 57.8 Å². The predicted octanol–water partition coefficient (Wildman–Crippen LogP) is 2.95. The minimum atomic E-state index is -0.827. The van der Waals surface area contributed by atoms with Crippen LogP contribution in [0, 0.1) is 0 Å². The highest BCUT2D eigenvalue weighted by molar-refractivity contribution is 7.22. The number of urea groups is 1. The molecule has 2 aromatic rings. The molecule has 30 heavy (non-hydrogen) atoms. The molecule has 0 aliphatic carbocycles. The van der Waals surface area contributed by atoms with Gasteiger partial charge in [-0.3, -0.25) is 9.80 Å². The molecular weight excluding hydrogens is 404 g/mol. The number of benzene rings is 1. The number of rotatable bonds is 5. The fraction of sp³-hybridized carbons (Fsp3) is 0.400. The number of aliphatic imine (C=N–C) groups is 2. The highest BCUT2D eigenvalue weighted by Crippen LogP contribution is 2.38. The van der Waals surface area contributed by atoms with Crippen LogP contribution in [0.25, 0.3) is 15.8 Å². The first-order chi connectivity index (χ1) is 14.2. The third kappa shape index (κ3) is 4.35. The summed E-state index contributed by atoms with van der Waals surface area (Å²) < 4.78 is 0.617. The molecule has 1 atom stereocenters. The molecule has 0 spiro atoms. The zero-order valence-corrected chi connectivity index (χ0v) is 18.3. The number of aromatic hydroxyl groups is 1. The molecule has 0 bridgehead atoms. The van der Waals surface area contributed by atoms with Gasteiger partial charge in [0.1, 0.15) is 11.9 Å². The molecule has 1 saturated heterocycles. The number of hydrogen-bond donors (Lipinski definition) is 2. The van der Waals surface area contributed by atoms with Crippen LogP contribution in [0.3, 0.4) is 0 Å². The third-order valence-corrected chi connectivity index (χ3v) is 5.87. The Kier molecular flexibility index (Phi) is 6.49. The first-order valence-electron chi connectivity index (χ1n) is 9.53. The molecule has 3 rings (SSSR count). The van der Waals surface area contributed by atoms with Gasteiger partial charge in [0.15, 0.2) is 11.0 Å². The van der Waals surface area contributed by atoms with Crippen LogP contribution in [0.5, 0.6) is 5.75 Å². The van der Waals surface area contributed by atoms with Gasteiger partial charge in [0.2, 0.25) is 0 Å². The number of carbonyl (C=O) groups is 1. The zero-order chi connectivity index (χ0) is 22.0. The van der Waals surface area contributed by atoms with Crippen LogP contribution in [-0.2, 0) is 0 Å². The number of thiazole rings is 1. The Morgan fingerprint density at radius 2 is 2.17 bits per heavy atom. The molecule has 1 unspecified atom stereocenters. The number of aliphatic hydroxyl groups is 1. The number of nitrogens with zero attached hydrogens (tertiary/aromatic N) is 6. The molecule has 0 saturated carbocycles. The van der Waals surface area contributed by atoms with Gasteiger partial charge in [0.05, 0.1) is 23.6 Å². The van der Waals surface area contributed by atoms with Gasteiger partial charge < -0.3 is 15.1 Å². The van der Waals surface area contributed by atoms with E-state index in [4.69, 9.17) is 0 Å². The number of aliphatic hydroxyl groups excluding tert-OH is 1. The van der Waals surface area contributed by atoms with Crippen LogP contribution in [0.1, 0.15) is 26.3 Å². The molecule has 1 aliphatic rings. The molecule has 2 N–H and O–H groups in total. The maximum absolute atomic E-state index is 12.7. The number of amidine groups is 1. The van der Waals surface area contributed by atoms with E-state index < -0.39 is 6.10 Å². The number of hydrogen-bond acceptors (Lipinski definition) is 7. The Labute approximate surface area is 179 Å². The van der Waals surface area contributed by atoms with Crippen LogP contribution in [-0.4, -0.2) is 76.6 Å². The highest BCUT2D eigenvalue weighted by atomic mass is 32.1. The SMILES string of the molecule is C=N/C(=N\C=C(/C)c1cc(O)c2sc(N3CN(C)CN(CC)C3=O)nc2c1)C(C)O. The standard InChI is InChI=1S/C20H26N6O3S/c1-6-25-10-24(5)11-26(20(25)29)19-23-15-7-14(8-16(28)17(15)30-19)12(2)9-22-18(21-4)13(3)27/h7-9,13,27-28H,4,6,10-11H2,1-3,5H3/b12-9+,22-18-. The van der Waals surface area contributed by atoms with Crippen LogP contribution in [0.4, 0.5) is 9.93 Å².